The van der Waals surface area contributed by atoms with E-state index in [4.69, 9.17) is 5.73 Å². The van der Waals surface area contributed by atoms with Crippen LogP contribution in [-0.2, 0) is 0 Å². The number of rotatable bonds is 2. The Balaban J connectivity index is 0.00000161. The van der Waals surface area contributed by atoms with Gasteiger partial charge in [-0.15, -0.1) is 24.0 Å². The van der Waals surface area contributed by atoms with Crippen molar-refractivity contribution in [1.29, 1.82) is 0 Å². The first-order valence-corrected chi connectivity index (χ1v) is 8.29. The van der Waals surface area contributed by atoms with Crippen molar-refractivity contribution < 1.29 is 4.39 Å². The molecule has 21 heavy (non-hydrogen) atoms. The van der Waals surface area contributed by atoms with Gasteiger partial charge in [0.25, 0.3) is 0 Å². The third kappa shape index (κ3) is 4.25. The predicted octanol–water partition coefficient (Wildman–Crippen LogP) is 3.05. The summed E-state index contributed by atoms with van der Waals surface area (Å²) in [5.74, 6) is 3.23. The Labute approximate surface area is 146 Å². The molecule has 3 rings (SSSR count). The molecule has 6 heteroatoms. The van der Waals surface area contributed by atoms with Crippen molar-refractivity contribution in [3.05, 3.63) is 35.6 Å². The van der Waals surface area contributed by atoms with Gasteiger partial charge in [0, 0.05) is 24.6 Å². The first kappa shape index (κ1) is 16.9. The first-order chi connectivity index (χ1) is 9.72. The first-order valence-electron chi connectivity index (χ1n) is 7.14. The SMILES string of the molecule is I.NC(=NC1CC(c2cccc(F)c2)C1)N1CCSCC1. The molecule has 2 fully saturated rings. The highest BCUT2D eigenvalue weighted by atomic mass is 127. The van der Waals surface area contributed by atoms with Crippen LogP contribution < -0.4 is 5.73 Å². The molecule has 1 saturated heterocycles. The molecule has 3 nitrogen and oxygen atoms in total. The van der Waals surface area contributed by atoms with E-state index in [1.165, 1.54) is 6.07 Å². The molecule has 1 heterocycles. The average molecular weight is 421 g/mol. The van der Waals surface area contributed by atoms with E-state index in [0.29, 0.717) is 17.9 Å². The molecule has 0 radical (unpaired) electrons. The van der Waals surface area contributed by atoms with Gasteiger partial charge in [0.2, 0.25) is 0 Å². The number of hydrogen-bond donors (Lipinski definition) is 1. The minimum atomic E-state index is -0.153. The molecule has 116 valence electrons. The Morgan fingerprint density at radius 1 is 1.29 bits per heavy atom. The van der Waals surface area contributed by atoms with E-state index in [0.717, 1.165) is 43.0 Å². The van der Waals surface area contributed by atoms with Gasteiger partial charge >= 0.3 is 0 Å². The van der Waals surface area contributed by atoms with Crippen molar-refractivity contribution in [2.24, 2.45) is 10.7 Å². The van der Waals surface area contributed by atoms with E-state index in [1.54, 1.807) is 12.1 Å². The summed E-state index contributed by atoms with van der Waals surface area (Å²) in [5.41, 5.74) is 7.16. The maximum atomic E-state index is 13.2. The van der Waals surface area contributed by atoms with Crippen LogP contribution in [0.15, 0.2) is 29.3 Å². The molecule has 0 amide bonds. The van der Waals surface area contributed by atoms with Crippen LogP contribution in [0.4, 0.5) is 4.39 Å². The highest BCUT2D eigenvalue weighted by Gasteiger charge is 2.31. The van der Waals surface area contributed by atoms with E-state index < -0.39 is 0 Å². The van der Waals surface area contributed by atoms with Crippen molar-refractivity contribution >= 4 is 41.7 Å². The van der Waals surface area contributed by atoms with Gasteiger partial charge in [0.05, 0.1) is 6.04 Å². The van der Waals surface area contributed by atoms with Crippen molar-refractivity contribution in [1.82, 2.24) is 4.90 Å². The van der Waals surface area contributed by atoms with Crippen LogP contribution in [0.2, 0.25) is 0 Å². The van der Waals surface area contributed by atoms with E-state index in [2.05, 4.69) is 9.89 Å². The maximum Gasteiger partial charge on any atom is 0.191 e. The fourth-order valence-electron chi connectivity index (χ4n) is 2.79. The topological polar surface area (TPSA) is 41.6 Å². The Morgan fingerprint density at radius 2 is 2.00 bits per heavy atom. The highest BCUT2D eigenvalue weighted by Crippen LogP contribution is 2.39. The average Bonchev–Trinajstić information content (AvgIpc) is 2.43. The van der Waals surface area contributed by atoms with Crippen LogP contribution in [0.25, 0.3) is 0 Å². The minimum Gasteiger partial charge on any atom is -0.370 e. The molecule has 1 aromatic rings. The molecule has 0 spiro atoms. The van der Waals surface area contributed by atoms with Gasteiger partial charge in [-0.3, -0.25) is 0 Å². The van der Waals surface area contributed by atoms with Gasteiger partial charge in [-0.1, -0.05) is 12.1 Å². The number of nitrogens with zero attached hydrogens (tertiary/aromatic N) is 2. The van der Waals surface area contributed by atoms with Crippen molar-refractivity contribution in [3.8, 4) is 0 Å². The fraction of sp³-hybridized carbons (Fsp3) is 0.533. The van der Waals surface area contributed by atoms with Crippen molar-refractivity contribution in [2.45, 2.75) is 24.8 Å². The number of thioether (sulfide) groups is 1. The molecule has 0 bridgehead atoms. The Morgan fingerprint density at radius 3 is 2.67 bits per heavy atom. The van der Waals surface area contributed by atoms with Crippen molar-refractivity contribution in [2.75, 3.05) is 24.6 Å². The van der Waals surface area contributed by atoms with Crippen LogP contribution >= 0.6 is 35.7 Å². The molecule has 1 aliphatic heterocycles. The van der Waals surface area contributed by atoms with Gasteiger partial charge in [-0.25, -0.2) is 9.38 Å². The summed E-state index contributed by atoms with van der Waals surface area (Å²) >= 11 is 1.97. The second-order valence-electron chi connectivity index (χ2n) is 5.46. The van der Waals surface area contributed by atoms with Crippen LogP contribution in [-0.4, -0.2) is 41.5 Å². The summed E-state index contributed by atoms with van der Waals surface area (Å²) in [6.45, 7) is 2.00. The third-order valence-corrected chi connectivity index (χ3v) is 5.03. The molecule has 1 aliphatic carbocycles. The number of guanidine groups is 1. The smallest absolute Gasteiger partial charge is 0.191 e. The lowest BCUT2D eigenvalue weighted by Crippen LogP contribution is -2.44. The monoisotopic (exact) mass is 421 g/mol. The van der Waals surface area contributed by atoms with E-state index >= 15 is 0 Å². The zero-order chi connectivity index (χ0) is 13.9. The van der Waals surface area contributed by atoms with Crippen LogP contribution in [0.1, 0.15) is 24.3 Å². The van der Waals surface area contributed by atoms with Crippen LogP contribution in [0, 0.1) is 5.82 Å². The number of nitrogens with two attached hydrogens (primary N) is 1. The van der Waals surface area contributed by atoms with E-state index in [1.807, 2.05) is 17.8 Å². The molecule has 0 aromatic heterocycles. The maximum absolute atomic E-state index is 13.2. The summed E-state index contributed by atoms with van der Waals surface area (Å²) < 4.78 is 13.2. The molecule has 0 atom stereocenters. The molecular weight excluding hydrogens is 400 g/mol. The molecule has 1 aromatic carbocycles. The third-order valence-electron chi connectivity index (χ3n) is 4.08. The summed E-state index contributed by atoms with van der Waals surface area (Å²) in [7, 11) is 0. The summed E-state index contributed by atoms with van der Waals surface area (Å²) in [6, 6.07) is 7.21. The van der Waals surface area contributed by atoms with E-state index in [9.17, 15) is 4.39 Å². The predicted molar refractivity (Wildman–Crippen MR) is 98.1 cm³/mol. The minimum absolute atomic E-state index is 0. The molecular formula is C15H21FIN3S. The highest BCUT2D eigenvalue weighted by molar-refractivity contribution is 14.0. The molecule has 1 saturated carbocycles. The molecule has 2 N–H and O–H groups in total. The Bertz CT molecular complexity index is 499. The normalized spacial score (nSPS) is 26.0. The molecule has 0 unspecified atom stereocenters. The van der Waals surface area contributed by atoms with Gasteiger partial charge in [-0.05, 0) is 36.5 Å². The Kier molecular flexibility index (Phi) is 6.16. The standard InChI is InChI=1S/C15H20FN3S.HI/c16-13-3-1-2-11(8-13)12-9-14(10-12)18-15(17)19-4-6-20-7-5-19;/h1-3,8,12,14H,4-7,9-10H2,(H2,17,18);1H. The zero-order valence-corrected chi connectivity index (χ0v) is 15.0. The lowest BCUT2D eigenvalue weighted by Gasteiger charge is -2.35. The number of hydrogen-bond acceptors (Lipinski definition) is 2. The molecule has 2 aliphatic rings. The Hall–Kier alpha value is -0.500. The van der Waals surface area contributed by atoms with E-state index in [-0.39, 0.29) is 29.8 Å². The van der Waals surface area contributed by atoms with Gasteiger partial charge in [-0.2, -0.15) is 11.8 Å². The van der Waals surface area contributed by atoms with Crippen LogP contribution in [0.3, 0.4) is 0 Å². The summed E-state index contributed by atoms with van der Waals surface area (Å²) in [5, 5.41) is 0. The lowest BCUT2D eigenvalue weighted by molar-refractivity contribution is 0.345. The summed E-state index contributed by atoms with van der Waals surface area (Å²) in [6.07, 6.45) is 1.96. The van der Waals surface area contributed by atoms with Gasteiger partial charge in [0.1, 0.15) is 5.82 Å². The lowest BCUT2D eigenvalue weighted by atomic mass is 9.76. The fourth-order valence-corrected chi connectivity index (χ4v) is 3.69. The van der Waals surface area contributed by atoms with Gasteiger partial charge in [0.15, 0.2) is 5.96 Å². The van der Waals surface area contributed by atoms with Gasteiger partial charge < -0.3 is 10.6 Å². The second-order valence-corrected chi connectivity index (χ2v) is 6.69. The largest absolute Gasteiger partial charge is 0.370 e. The van der Waals surface area contributed by atoms with Crippen molar-refractivity contribution in [3.63, 3.8) is 0 Å². The van der Waals surface area contributed by atoms with Crippen LogP contribution in [0.5, 0.6) is 0 Å². The number of aliphatic imine (C=N–C) groups is 1. The summed E-state index contributed by atoms with van der Waals surface area (Å²) in [4.78, 5) is 6.79. The zero-order valence-electron chi connectivity index (χ0n) is 11.9. The quantitative estimate of drug-likeness (QED) is 0.454. The second kappa shape index (κ2) is 7.67. The number of halogens is 2. The number of benzene rings is 1.